The molecule has 228 valence electrons. The lowest BCUT2D eigenvalue weighted by molar-refractivity contribution is -0.0660. The first-order valence-corrected chi connectivity index (χ1v) is 14.8. The Balaban J connectivity index is 1.55. The number of alkyl carbamates (subject to hydrolysis) is 1. The molecule has 0 aliphatic rings. The maximum atomic E-state index is 12.2. The van der Waals surface area contributed by atoms with Gasteiger partial charge in [0.15, 0.2) is 12.1 Å². The number of aliphatic hydroxyl groups excluding tert-OH is 1. The molecule has 3 aromatic carbocycles. The van der Waals surface area contributed by atoms with Gasteiger partial charge in [0.1, 0.15) is 12.4 Å². The van der Waals surface area contributed by atoms with Gasteiger partial charge in [-0.1, -0.05) is 99.3 Å². The minimum absolute atomic E-state index is 0.0825. The number of nitrogens with one attached hydrogen (secondary N) is 1. The first-order chi connectivity index (χ1) is 20.9. The Morgan fingerprint density at radius 2 is 1.58 bits per heavy atom. The van der Waals surface area contributed by atoms with E-state index in [9.17, 15) is 15.0 Å². The Labute approximate surface area is 254 Å². The van der Waals surface area contributed by atoms with Crippen LogP contribution in [0.3, 0.4) is 0 Å². The highest BCUT2D eigenvalue weighted by atomic mass is 16.5. The summed E-state index contributed by atoms with van der Waals surface area (Å²) in [6.45, 7) is 8.67. The monoisotopic (exact) mass is 585 g/mol. The predicted octanol–water partition coefficient (Wildman–Crippen LogP) is 6.69. The summed E-state index contributed by atoms with van der Waals surface area (Å²) in [5.74, 6) is 1.31. The van der Waals surface area contributed by atoms with E-state index in [2.05, 4.69) is 28.9 Å². The number of amidine groups is 1. The molecular formula is C35H43N3O5. The van der Waals surface area contributed by atoms with Gasteiger partial charge in [0.05, 0.1) is 12.6 Å². The van der Waals surface area contributed by atoms with E-state index in [1.165, 1.54) is 25.7 Å². The van der Waals surface area contributed by atoms with Gasteiger partial charge in [-0.3, -0.25) is 0 Å². The number of rotatable bonds is 16. The Kier molecular flexibility index (Phi) is 14.1. The lowest BCUT2D eigenvalue weighted by atomic mass is 10.0. The Morgan fingerprint density at radius 3 is 2.23 bits per heavy atom. The summed E-state index contributed by atoms with van der Waals surface area (Å²) < 4.78 is 11.1. The van der Waals surface area contributed by atoms with Crippen molar-refractivity contribution in [2.45, 2.75) is 71.3 Å². The quantitative estimate of drug-likeness (QED) is 0.0750. The van der Waals surface area contributed by atoms with Crippen LogP contribution in [0.1, 0.15) is 68.2 Å². The number of carbonyl (C=O) groups excluding carboxylic acids is 1. The molecule has 0 aliphatic heterocycles. The third-order valence-electron chi connectivity index (χ3n) is 6.90. The first-order valence-electron chi connectivity index (χ1n) is 14.8. The molecule has 1 atom stereocenters. The SMILES string of the molecule is C=NC(=N/C=C(\C)c1ccc(OCCCCCCC)cc1)c1ccc(C[C@H](NC(=O)OCc2ccccc2)C(O)O)cc1. The molecule has 0 saturated carbocycles. The van der Waals surface area contributed by atoms with Crippen molar-refractivity contribution >= 4 is 24.2 Å². The minimum atomic E-state index is -1.76. The Bertz CT molecular complexity index is 1320. The number of nitrogens with zero attached hydrogens (tertiary/aromatic N) is 2. The second kappa shape index (κ2) is 18.3. The molecule has 8 nitrogen and oxygen atoms in total. The van der Waals surface area contributed by atoms with Gasteiger partial charge in [0, 0.05) is 11.8 Å². The number of allylic oxidation sites excluding steroid dienone is 1. The average Bonchev–Trinajstić information content (AvgIpc) is 3.03. The maximum Gasteiger partial charge on any atom is 0.407 e. The zero-order valence-electron chi connectivity index (χ0n) is 25.1. The van der Waals surface area contributed by atoms with Crippen molar-refractivity contribution in [2.24, 2.45) is 9.98 Å². The molecule has 0 fully saturated rings. The summed E-state index contributed by atoms with van der Waals surface area (Å²) in [7, 11) is 0. The fourth-order valence-corrected chi connectivity index (χ4v) is 4.34. The van der Waals surface area contributed by atoms with Crippen LogP contribution in [-0.4, -0.2) is 47.8 Å². The van der Waals surface area contributed by atoms with Gasteiger partial charge in [-0.25, -0.2) is 14.8 Å². The van der Waals surface area contributed by atoms with E-state index in [0.717, 1.165) is 46.6 Å². The van der Waals surface area contributed by atoms with Crippen LogP contribution < -0.4 is 10.1 Å². The number of hydrogen-bond donors (Lipinski definition) is 3. The molecule has 0 saturated heterocycles. The van der Waals surface area contributed by atoms with Gasteiger partial charge in [-0.05, 0) is 60.9 Å². The highest BCUT2D eigenvalue weighted by Crippen LogP contribution is 2.20. The molecule has 1 amide bonds. The van der Waals surface area contributed by atoms with Gasteiger partial charge in [0.25, 0.3) is 0 Å². The minimum Gasteiger partial charge on any atom is -0.494 e. The number of benzene rings is 3. The fraction of sp³-hybridized carbons (Fsp3) is 0.343. The number of ether oxygens (including phenoxy) is 2. The van der Waals surface area contributed by atoms with Crippen molar-refractivity contribution in [1.82, 2.24) is 5.32 Å². The van der Waals surface area contributed by atoms with Crippen LogP contribution >= 0.6 is 0 Å². The molecule has 0 radical (unpaired) electrons. The lowest BCUT2D eigenvalue weighted by Crippen LogP contribution is -2.45. The molecule has 3 rings (SSSR count). The van der Waals surface area contributed by atoms with Crippen molar-refractivity contribution < 1.29 is 24.5 Å². The average molecular weight is 586 g/mol. The highest BCUT2D eigenvalue weighted by molar-refractivity contribution is 6.02. The zero-order chi connectivity index (χ0) is 30.9. The smallest absolute Gasteiger partial charge is 0.407 e. The summed E-state index contributed by atoms with van der Waals surface area (Å²) in [6.07, 6.45) is 5.49. The van der Waals surface area contributed by atoms with E-state index >= 15 is 0 Å². The van der Waals surface area contributed by atoms with Gasteiger partial charge in [-0.15, -0.1) is 0 Å². The van der Waals surface area contributed by atoms with Crippen molar-refractivity contribution in [3.63, 3.8) is 0 Å². The van der Waals surface area contributed by atoms with E-state index in [1.54, 1.807) is 6.20 Å². The Morgan fingerprint density at radius 1 is 0.907 bits per heavy atom. The van der Waals surface area contributed by atoms with Crippen LogP contribution in [0.15, 0.2) is 95.0 Å². The van der Waals surface area contributed by atoms with Crippen LogP contribution in [0, 0.1) is 0 Å². The second-order valence-corrected chi connectivity index (χ2v) is 10.3. The number of aliphatic imine (C=N–C) groups is 2. The van der Waals surface area contributed by atoms with Crippen LogP contribution in [0.5, 0.6) is 5.75 Å². The van der Waals surface area contributed by atoms with Gasteiger partial charge in [-0.2, -0.15) is 0 Å². The standard InChI is InChI=1S/C35H43N3O5/c1-4-5-6-7-11-22-42-31-20-18-29(19-21-31)26(2)24-37-33(36-3)30-16-14-27(15-17-30)23-32(34(39)40)38-35(41)43-25-28-12-9-8-10-13-28/h8-10,12-21,24,32,34,39-40H,3-7,11,22-23,25H2,1-2H3,(H,38,41)/b26-24+,37-33?/t32-/m0/s1. The predicted molar refractivity (Wildman–Crippen MR) is 172 cm³/mol. The molecule has 0 aliphatic carbocycles. The number of hydrogen-bond acceptors (Lipinski definition) is 6. The lowest BCUT2D eigenvalue weighted by Gasteiger charge is -2.20. The van der Waals surface area contributed by atoms with Crippen LogP contribution in [0.2, 0.25) is 0 Å². The summed E-state index contributed by atoms with van der Waals surface area (Å²) in [4.78, 5) is 20.9. The summed E-state index contributed by atoms with van der Waals surface area (Å²) in [5.41, 5.74) is 4.36. The Hall–Kier alpha value is -4.27. The van der Waals surface area contributed by atoms with E-state index in [4.69, 9.17) is 9.47 Å². The van der Waals surface area contributed by atoms with Crippen LogP contribution in [0.25, 0.3) is 5.57 Å². The number of carbonyl (C=O) groups is 1. The van der Waals surface area contributed by atoms with E-state index in [0.29, 0.717) is 5.84 Å². The van der Waals surface area contributed by atoms with Gasteiger partial charge < -0.3 is 25.0 Å². The number of aliphatic hydroxyl groups is 2. The molecule has 0 aromatic heterocycles. The summed E-state index contributed by atoms with van der Waals surface area (Å²) in [5, 5.41) is 22.2. The number of unbranched alkanes of at least 4 members (excludes halogenated alkanes) is 4. The zero-order valence-corrected chi connectivity index (χ0v) is 25.1. The number of amides is 1. The third-order valence-corrected chi connectivity index (χ3v) is 6.90. The molecule has 43 heavy (non-hydrogen) atoms. The third kappa shape index (κ3) is 11.9. The molecule has 0 bridgehead atoms. The van der Waals surface area contributed by atoms with Crippen molar-refractivity contribution in [2.75, 3.05) is 6.61 Å². The van der Waals surface area contributed by atoms with Crippen molar-refractivity contribution in [3.8, 4) is 5.75 Å². The fourth-order valence-electron chi connectivity index (χ4n) is 4.34. The molecule has 3 N–H and O–H groups in total. The first kappa shape index (κ1) is 33.2. The van der Waals surface area contributed by atoms with Crippen molar-refractivity contribution in [3.05, 3.63) is 107 Å². The molecule has 8 heteroatoms. The highest BCUT2D eigenvalue weighted by Gasteiger charge is 2.21. The topological polar surface area (TPSA) is 113 Å². The largest absolute Gasteiger partial charge is 0.494 e. The van der Waals surface area contributed by atoms with E-state index in [1.807, 2.05) is 85.8 Å². The van der Waals surface area contributed by atoms with Crippen LogP contribution in [0.4, 0.5) is 4.79 Å². The molecular weight excluding hydrogens is 542 g/mol. The van der Waals surface area contributed by atoms with Crippen LogP contribution in [-0.2, 0) is 17.8 Å². The molecule has 0 unspecified atom stereocenters. The van der Waals surface area contributed by atoms with E-state index < -0.39 is 18.4 Å². The maximum absolute atomic E-state index is 12.2. The van der Waals surface area contributed by atoms with E-state index in [-0.39, 0.29) is 13.0 Å². The van der Waals surface area contributed by atoms with Gasteiger partial charge in [0.2, 0.25) is 0 Å². The summed E-state index contributed by atoms with van der Waals surface area (Å²) in [6, 6.07) is 23.6. The molecule has 0 heterocycles. The normalized spacial score (nSPS) is 12.6. The van der Waals surface area contributed by atoms with Crippen molar-refractivity contribution in [1.29, 1.82) is 0 Å². The molecule has 0 spiro atoms. The summed E-state index contributed by atoms with van der Waals surface area (Å²) >= 11 is 0. The molecule has 3 aromatic rings. The van der Waals surface area contributed by atoms with Gasteiger partial charge >= 0.3 is 6.09 Å². The second-order valence-electron chi connectivity index (χ2n) is 10.3.